The van der Waals surface area contributed by atoms with Crippen LogP contribution in [0.5, 0.6) is 0 Å². The van der Waals surface area contributed by atoms with Crippen molar-refractivity contribution in [3.63, 3.8) is 0 Å². The maximum absolute atomic E-state index is 7.01. The summed E-state index contributed by atoms with van der Waals surface area (Å²) in [4.78, 5) is 0. The predicted octanol–water partition coefficient (Wildman–Crippen LogP) is 4.98. The SMILES string of the molecule is CCC1(CC)O[C@@](CCCNC)(c2ccccc2)c2ccccc21. The lowest BCUT2D eigenvalue weighted by atomic mass is 9.80. The lowest BCUT2D eigenvalue weighted by Crippen LogP contribution is -2.33. The third-order valence-corrected chi connectivity index (χ3v) is 5.56. The maximum atomic E-state index is 7.01. The van der Waals surface area contributed by atoms with Gasteiger partial charge >= 0.3 is 0 Å². The first-order valence-corrected chi connectivity index (χ1v) is 9.22. The zero-order valence-electron chi connectivity index (χ0n) is 15.1. The fraction of sp³-hybridized carbons (Fsp3) is 0.455. The van der Waals surface area contributed by atoms with Gasteiger partial charge in [-0.1, -0.05) is 68.4 Å². The molecule has 2 aromatic carbocycles. The Morgan fingerprint density at radius 2 is 1.50 bits per heavy atom. The number of hydrogen-bond donors (Lipinski definition) is 1. The minimum atomic E-state index is -0.333. The molecule has 0 bridgehead atoms. The van der Waals surface area contributed by atoms with Gasteiger partial charge in [0.15, 0.2) is 0 Å². The van der Waals surface area contributed by atoms with E-state index in [9.17, 15) is 0 Å². The largest absolute Gasteiger partial charge is 0.354 e. The Kier molecular flexibility index (Phi) is 5.07. The number of ether oxygens (including phenoxy) is 1. The topological polar surface area (TPSA) is 21.3 Å². The van der Waals surface area contributed by atoms with Crippen LogP contribution in [-0.4, -0.2) is 13.6 Å². The molecular formula is C22H29NO. The second kappa shape index (κ2) is 7.08. The third-order valence-electron chi connectivity index (χ3n) is 5.56. The Balaban J connectivity index is 2.15. The fourth-order valence-electron chi connectivity index (χ4n) is 4.22. The zero-order valence-corrected chi connectivity index (χ0v) is 15.1. The minimum Gasteiger partial charge on any atom is -0.354 e. The standard InChI is InChI=1S/C22H29NO/c1-4-21(5-2)19-14-9-10-15-20(19)22(24-21,16-11-17-23-3)18-12-7-6-8-13-18/h6-10,12-15,23H,4-5,11,16-17H2,1-3H3/t22-/m0/s1. The first-order chi connectivity index (χ1) is 11.7. The summed E-state index contributed by atoms with van der Waals surface area (Å²) < 4.78 is 7.01. The molecule has 0 amide bonds. The number of hydrogen-bond acceptors (Lipinski definition) is 2. The number of rotatable bonds is 7. The van der Waals surface area contributed by atoms with E-state index in [1.165, 1.54) is 16.7 Å². The van der Waals surface area contributed by atoms with Gasteiger partial charge in [-0.05, 0) is 56.0 Å². The summed E-state index contributed by atoms with van der Waals surface area (Å²) in [5.41, 5.74) is 3.50. The van der Waals surface area contributed by atoms with E-state index in [0.29, 0.717) is 0 Å². The second-order valence-electron chi connectivity index (χ2n) is 6.75. The Bertz CT molecular complexity index is 663. The molecule has 0 spiro atoms. The average molecular weight is 323 g/mol. The lowest BCUT2D eigenvalue weighted by molar-refractivity contribution is -0.131. The van der Waals surface area contributed by atoms with Crippen LogP contribution in [0.2, 0.25) is 0 Å². The molecule has 0 saturated carbocycles. The molecule has 1 aliphatic rings. The molecule has 0 aliphatic carbocycles. The van der Waals surface area contributed by atoms with Crippen molar-refractivity contribution in [1.29, 1.82) is 0 Å². The molecule has 24 heavy (non-hydrogen) atoms. The van der Waals surface area contributed by atoms with Crippen LogP contribution in [0.3, 0.4) is 0 Å². The summed E-state index contributed by atoms with van der Waals surface area (Å²) in [6, 6.07) is 19.6. The van der Waals surface area contributed by atoms with Crippen molar-refractivity contribution in [1.82, 2.24) is 5.32 Å². The monoisotopic (exact) mass is 323 g/mol. The number of nitrogens with one attached hydrogen (secondary N) is 1. The smallest absolute Gasteiger partial charge is 0.120 e. The first-order valence-electron chi connectivity index (χ1n) is 9.22. The van der Waals surface area contributed by atoms with Crippen molar-refractivity contribution in [2.45, 2.75) is 50.7 Å². The van der Waals surface area contributed by atoms with Crippen LogP contribution in [0.15, 0.2) is 54.6 Å². The molecule has 0 radical (unpaired) electrons. The quantitative estimate of drug-likeness (QED) is 0.726. The van der Waals surface area contributed by atoms with Crippen LogP contribution < -0.4 is 5.32 Å². The molecule has 2 nitrogen and oxygen atoms in total. The van der Waals surface area contributed by atoms with Crippen molar-refractivity contribution in [3.8, 4) is 0 Å². The molecular weight excluding hydrogens is 294 g/mol. The summed E-state index contributed by atoms with van der Waals surface area (Å²) >= 11 is 0. The van der Waals surface area contributed by atoms with Gasteiger partial charge in [0.1, 0.15) is 5.60 Å². The van der Waals surface area contributed by atoms with Crippen molar-refractivity contribution >= 4 is 0 Å². The van der Waals surface area contributed by atoms with E-state index in [1.807, 2.05) is 7.05 Å². The Morgan fingerprint density at radius 1 is 0.875 bits per heavy atom. The van der Waals surface area contributed by atoms with Crippen molar-refractivity contribution in [2.24, 2.45) is 0 Å². The predicted molar refractivity (Wildman–Crippen MR) is 100 cm³/mol. The van der Waals surface area contributed by atoms with Gasteiger partial charge in [0.2, 0.25) is 0 Å². The van der Waals surface area contributed by atoms with Crippen LogP contribution in [0.25, 0.3) is 0 Å². The highest BCUT2D eigenvalue weighted by Gasteiger charge is 2.51. The molecule has 1 aliphatic heterocycles. The van der Waals surface area contributed by atoms with Crippen molar-refractivity contribution in [3.05, 3.63) is 71.3 Å². The Hall–Kier alpha value is -1.64. The van der Waals surface area contributed by atoms with E-state index in [0.717, 1.165) is 32.2 Å². The van der Waals surface area contributed by atoms with E-state index in [-0.39, 0.29) is 11.2 Å². The highest BCUT2D eigenvalue weighted by Crippen LogP contribution is 2.55. The zero-order chi connectivity index (χ0) is 17.0. The Morgan fingerprint density at radius 3 is 2.12 bits per heavy atom. The molecule has 2 aromatic rings. The summed E-state index contributed by atoms with van der Waals surface area (Å²) in [6.45, 7) is 5.50. The van der Waals surface area contributed by atoms with Gasteiger partial charge in [-0.3, -0.25) is 0 Å². The number of fused-ring (bicyclic) bond motifs is 1. The van der Waals surface area contributed by atoms with E-state index in [2.05, 4.69) is 73.8 Å². The molecule has 3 rings (SSSR count). The lowest BCUT2D eigenvalue weighted by Gasteiger charge is -2.36. The van der Waals surface area contributed by atoms with E-state index < -0.39 is 0 Å². The van der Waals surface area contributed by atoms with Gasteiger partial charge in [0.05, 0.1) is 5.60 Å². The Labute approximate surface area is 146 Å². The summed E-state index contributed by atoms with van der Waals surface area (Å²) in [7, 11) is 2.01. The molecule has 0 saturated heterocycles. The van der Waals surface area contributed by atoms with Crippen LogP contribution in [-0.2, 0) is 15.9 Å². The van der Waals surface area contributed by atoms with Gasteiger partial charge in [-0.15, -0.1) is 0 Å². The second-order valence-corrected chi connectivity index (χ2v) is 6.75. The van der Waals surface area contributed by atoms with Gasteiger partial charge in [-0.25, -0.2) is 0 Å². The third kappa shape index (κ3) is 2.68. The summed E-state index contributed by atoms with van der Waals surface area (Å²) in [6.07, 6.45) is 4.09. The fourth-order valence-corrected chi connectivity index (χ4v) is 4.22. The first kappa shape index (κ1) is 17.2. The highest BCUT2D eigenvalue weighted by molar-refractivity contribution is 5.48. The number of benzene rings is 2. The van der Waals surface area contributed by atoms with E-state index >= 15 is 0 Å². The molecule has 128 valence electrons. The average Bonchev–Trinajstić information content (AvgIpc) is 2.95. The molecule has 0 fully saturated rings. The molecule has 1 N–H and O–H groups in total. The van der Waals surface area contributed by atoms with Crippen molar-refractivity contribution < 1.29 is 4.74 Å². The van der Waals surface area contributed by atoms with Crippen LogP contribution in [0.4, 0.5) is 0 Å². The molecule has 0 aromatic heterocycles. The molecule has 2 heteroatoms. The van der Waals surface area contributed by atoms with Crippen molar-refractivity contribution in [2.75, 3.05) is 13.6 Å². The summed E-state index contributed by atoms with van der Waals surface area (Å²) in [5.74, 6) is 0. The molecule has 0 unspecified atom stereocenters. The van der Waals surface area contributed by atoms with Gasteiger partial charge < -0.3 is 10.1 Å². The normalized spacial score (nSPS) is 21.6. The van der Waals surface area contributed by atoms with E-state index in [1.54, 1.807) is 0 Å². The maximum Gasteiger partial charge on any atom is 0.120 e. The molecule has 1 heterocycles. The van der Waals surface area contributed by atoms with Gasteiger partial charge in [0.25, 0.3) is 0 Å². The van der Waals surface area contributed by atoms with Gasteiger partial charge in [0, 0.05) is 0 Å². The van der Waals surface area contributed by atoms with Crippen LogP contribution in [0, 0.1) is 0 Å². The van der Waals surface area contributed by atoms with Crippen LogP contribution >= 0.6 is 0 Å². The van der Waals surface area contributed by atoms with E-state index in [4.69, 9.17) is 4.74 Å². The van der Waals surface area contributed by atoms with Crippen LogP contribution in [0.1, 0.15) is 56.2 Å². The highest BCUT2D eigenvalue weighted by atomic mass is 16.5. The molecule has 1 atom stereocenters. The minimum absolute atomic E-state index is 0.175. The summed E-state index contributed by atoms with van der Waals surface area (Å²) in [5, 5.41) is 3.28. The van der Waals surface area contributed by atoms with Gasteiger partial charge in [-0.2, -0.15) is 0 Å².